The minimum atomic E-state index is -1.47. The van der Waals surface area contributed by atoms with Crippen LogP contribution in [-0.2, 0) is 11.8 Å². The van der Waals surface area contributed by atoms with Crippen LogP contribution in [0.5, 0.6) is 5.75 Å². The molecule has 3 heterocycles. The number of hydrogen-bond donors (Lipinski definition) is 2. The van der Waals surface area contributed by atoms with Gasteiger partial charge in [-0.2, -0.15) is 10.2 Å². The van der Waals surface area contributed by atoms with Gasteiger partial charge in [-0.3, -0.25) is 9.59 Å². The minimum absolute atomic E-state index is 0.0925. The Balaban J connectivity index is 1.27. The molecule has 1 unspecified atom stereocenters. The van der Waals surface area contributed by atoms with Crippen molar-refractivity contribution >= 4 is 17.5 Å². The van der Waals surface area contributed by atoms with Crippen molar-refractivity contribution in [2.75, 3.05) is 18.4 Å². The number of nitriles is 1. The Hall–Kier alpha value is -5.15. The third kappa shape index (κ3) is 6.26. The summed E-state index contributed by atoms with van der Waals surface area (Å²) in [5.41, 5.74) is 3.06. The molecule has 2 aromatic carbocycles. The molecule has 1 saturated heterocycles. The number of halogens is 1. The maximum absolute atomic E-state index is 14.8. The number of pyridine rings is 1. The van der Waals surface area contributed by atoms with Gasteiger partial charge in [-0.15, -0.1) is 0 Å². The largest absolute Gasteiger partial charge is 0.486 e. The van der Waals surface area contributed by atoms with Crippen LogP contribution in [0.25, 0.3) is 22.5 Å². The molecule has 0 bridgehead atoms. The van der Waals surface area contributed by atoms with Gasteiger partial charge in [-0.25, -0.2) is 14.4 Å². The molecule has 2 aromatic heterocycles. The number of alkyl halides is 1. The van der Waals surface area contributed by atoms with Crippen molar-refractivity contribution in [2.24, 2.45) is 7.05 Å². The Bertz CT molecular complexity index is 1700. The number of likely N-dealkylation sites (tertiary alicyclic amines) is 1. The smallest absolute Gasteiger partial charge is 0.251 e. The number of ether oxygens (including phenoxy) is 1. The van der Waals surface area contributed by atoms with E-state index in [9.17, 15) is 24.3 Å². The summed E-state index contributed by atoms with van der Waals surface area (Å²) in [5.74, 6) is 0.300. The second-order valence-corrected chi connectivity index (χ2v) is 9.94. The van der Waals surface area contributed by atoms with Gasteiger partial charge in [0.15, 0.2) is 12.0 Å². The highest BCUT2D eigenvalue weighted by atomic mass is 19.1. The predicted octanol–water partition coefficient (Wildman–Crippen LogP) is 3.22. The van der Waals surface area contributed by atoms with Crippen LogP contribution >= 0.6 is 0 Å². The first-order valence-electron chi connectivity index (χ1n) is 13.3. The summed E-state index contributed by atoms with van der Waals surface area (Å²) >= 11 is 0. The van der Waals surface area contributed by atoms with Gasteiger partial charge >= 0.3 is 0 Å². The van der Waals surface area contributed by atoms with Crippen molar-refractivity contribution in [1.29, 1.82) is 5.26 Å². The van der Waals surface area contributed by atoms with Crippen LogP contribution in [0.1, 0.15) is 18.9 Å². The molecule has 2 N–H and O–H groups in total. The monoisotopic (exact) mass is 569 g/mol. The molecule has 1 fully saturated rings. The molecule has 42 heavy (non-hydrogen) atoms. The van der Waals surface area contributed by atoms with E-state index in [0.717, 1.165) is 16.8 Å². The van der Waals surface area contributed by atoms with E-state index in [1.54, 1.807) is 37.5 Å². The molecule has 5 rings (SSSR count). The molecule has 0 spiro atoms. The molecule has 3 atom stereocenters. The van der Waals surface area contributed by atoms with Gasteiger partial charge in [0.2, 0.25) is 5.95 Å². The average molecular weight is 570 g/mol. The molecule has 0 radical (unpaired) electrons. The third-order valence-electron chi connectivity index (χ3n) is 6.94. The first kappa shape index (κ1) is 28.4. The molecule has 1 amide bonds. The zero-order valence-corrected chi connectivity index (χ0v) is 22.9. The third-order valence-corrected chi connectivity index (χ3v) is 6.94. The second-order valence-electron chi connectivity index (χ2n) is 9.94. The molecule has 0 saturated carbocycles. The van der Waals surface area contributed by atoms with E-state index >= 15 is 0 Å². The normalized spacial score (nSPS) is 17.3. The highest BCUT2D eigenvalue weighted by molar-refractivity contribution is 5.80. The number of benzene rings is 2. The number of hydrogen-bond acceptors (Lipinski definition) is 9. The summed E-state index contributed by atoms with van der Waals surface area (Å²) in [7, 11) is 1.70. The van der Waals surface area contributed by atoms with E-state index in [1.807, 2.05) is 30.3 Å². The van der Waals surface area contributed by atoms with Crippen molar-refractivity contribution in [3.63, 3.8) is 0 Å². The van der Waals surface area contributed by atoms with Gasteiger partial charge in [-0.05, 0) is 54.4 Å². The number of nitrogens with zero attached hydrogens (tertiary/aromatic N) is 6. The van der Waals surface area contributed by atoms with E-state index in [-0.39, 0.29) is 36.4 Å². The number of carbonyl (C=O) groups excluding carboxylic acids is 1. The first-order valence-corrected chi connectivity index (χ1v) is 13.3. The van der Waals surface area contributed by atoms with Crippen molar-refractivity contribution in [3.05, 3.63) is 83.0 Å². The predicted molar refractivity (Wildman–Crippen MR) is 153 cm³/mol. The maximum atomic E-state index is 14.8. The van der Waals surface area contributed by atoms with Gasteiger partial charge in [0, 0.05) is 43.5 Å². The van der Waals surface area contributed by atoms with E-state index in [4.69, 9.17) is 4.74 Å². The fourth-order valence-corrected chi connectivity index (χ4v) is 4.60. The number of amides is 1. The number of carbonyl (C=O) groups is 1. The van der Waals surface area contributed by atoms with Crippen molar-refractivity contribution in [1.82, 2.24) is 24.4 Å². The number of aliphatic hydroxyl groups excluding tert-OH is 1. The van der Waals surface area contributed by atoms with Crippen LogP contribution < -0.4 is 15.6 Å². The summed E-state index contributed by atoms with van der Waals surface area (Å²) in [5, 5.41) is 22.4. The fraction of sp³-hybridized carbons (Fsp3) is 0.267. The molecule has 1 aliphatic rings. The quantitative estimate of drug-likeness (QED) is 0.342. The van der Waals surface area contributed by atoms with E-state index in [0.29, 0.717) is 17.3 Å². The Morgan fingerprint density at radius 3 is 2.60 bits per heavy atom. The van der Waals surface area contributed by atoms with Crippen LogP contribution in [0.3, 0.4) is 0 Å². The zero-order chi connectivity index (χ0) is 29.8. The van der Waals surface area contributed by atoms with Crippen LogP contribution in [0.15, 0.2) is 71.9 Å². The summed E-state index contributed by atoms with van der Waals surface area (Å²) in [4.78, 5) is 38.1. The number of aryl methyl sites for hydroxylation is 1. The summed E-state index contributed by atoms with van der Waals surface area (Å²) < 4.78 is 22.2. The first-order chi connectivity index (χ1) is 20.2. The lowest BCUT2D eigenvalue weighted by atomic mass is 10.0. The lowest BCUT2D eigenvalue weighted by Gasteiger charge is -2.35. The summed E-state index contributed by atoms with van der Waals surface area (Å²) in [6.07, 6.45) is -0.217. The Morgan fingerprint density at radius 2 is 1.90 bits per heavy atom. The molecular formula is C30H28FN7O4. The van der Waals surface area contributed by atoms with Gasteiger partial charge in [-0.1, -0.05) is 12.1 Å². The molecule has 12 heteroatoms. The standard InChI is InChI=1S/C30H28FN7O4/c1-18(39)29(41)38-12-10-26(24(31)16-38)42-25-8-5-21(13-22(25)15-32)28-33-17-34-30(36-28)35-23-6-3-19(4-7-23)20-9-11-37(2)27(40)14-20/h3-9,11,13-14,17-18,24,26,39H,10,12,16H2,1-2H3,(H,33,34,35,36)/t18-,24+,26?/m0/s1. The van der Waals surface area contributed by atoms with Crippen molar-refractivity contribution < 1.29 is 19.0 Å². The van der Waals surface area contributed by atoms with E-state index < -0.39 is 24.3 Å². The number of piperidine rings is 1. The number of aliphatic hydroxyl groups is 1. The lowest BCUT2D eigenvalue weighted by Crippen LogP contribution is -2.51. The lowest BCUT2D eigenvalue weighted by molar-refractivity contribution is -0.143. The van der Waals surface area contributed by atoms with Crippen LogP contribution in [0.2, 0.25) is 0 Å². The van der Waals surface area contributed by atoms with Crippen LogP contribution in [0.4, 0.5) is 16.0 Å². The minimum Gasteiger partial charge on any atom is -0.486 e. The maximum Gasteiger partial charge on any atom is 0.251 e. The topological polar surface area (TPSA) is 146 Å². The molecule has 0 aliphatic carbocycles. The highest BCUT2D eigenvalue weighted by Gasteiger charge is 2.34. The van der Waals surface area contributed by atoms with Crippen molar-refractivity contribution in [3.8, 4) is 34.3 Å². The van der Waals surface area contributed by atoms with Crippen LogP contribution in [0, 0.1) is 11.3 Å². The molecule has 11 nitrogen and oxygen atoms in total. The molecular weight excluding hydrogens is 541 g/mol. The number of nitrogens with one attached hydrogen (secondary N) is 1. The van der Waals surface area contributed by atoms with Crippen LogP contribution in [-0.4, -0.2) is 66.9 Å². The zero-order valence-electron chi connectivity index (χ0n) is 22.9. The molecule has 4 aromatic rings. The summed E-state index contributed by atoms with van der Waals surface area (Å²) in [6.45, 7) is 1.40. The molecule has 1 aliphatic heterocycles. The van der Waals surface area contributed by atoms with Crippen molar-refractivity contribution in [2.45, 2.75) is 31.7 Å². The van der Waals surface area contributed by atoms with Gasteiger partial charge in [0.25, 0.3) is 11.5 Å². The number of rotatable bonds is 7. The highest BCUT2D eigenvalue weighted by Crippen LogP contribution is 2.29. The van der Waals surface area contributed by atoms with E-state index in [1.165, 1.54) is 22.7 Å². The average Bonchev–Trinajstić information content (AvgIpc) is 3.00. The van der Waals surface area contributed by atoms with Gasteiger partial charge in [0.05, 0.1) is 12.1 Å². The number of anilines is 2. The number of aromatic nitrogens is 4. The molecule has 214 valence electrons. The van der Waals surface area contributed by atoms with Gasteiger partial charge in [0.1, 0.15) is 30.4 Å². The SMILES string of the molecule is C[C@H](O)C(=O)N1CCC(Oc2ccc(-c3ncnc(Nc4ccc(-c5ccn(C)c(=O)c5)cc4)n3)cc2C#N)[C@H](F)C1. The fourth-order valence-electron chi connectivity index (χ4n) is 4.60. The van der Waals surface area contributed by atoms with E-state index in [2.05, 4.69) is 26.3 Å². The van der Waals surface area contributed by atoms with Gasteiger partial charge < -0.3 is 24.6 Å². The Labute approximate surface area is 240 Å². The summed E-state index contributed by atoms with van der Waals surface area (Å²) in [6, 6.07) is 17.8. The second kappa shape index (κ2) is 12.2. The Morgan fingerprint density at radius 1 is 1.14 bits per heavy atom. The Kier molecular flexibility index (Phi) is 8.21.